The van der Waals surface area contributed by atoms with Crippen LogP contribution in [-0.4, -0.2) is 28.3 Å². The van der Waals surface area contributed by atoms with Gasteiger partial charge in [-0.2, -0.15) is 5.10 Å². The molecule has 0 aliphatic carbocycles. The molecule has 1 heterocycles. The highest BCUT2D eigenvalue weighted by atomic mass is 15.2. The van der Waals surface area contributed by atoms with Crippen molar-refractivity contribution in [1.29, 1.82) is 0 Å². The summed E-state index contributed by atoms with van der Waals surface area (Å²) in [5, 5.41) is 7.57. The minimum atomic E-state index is 0.922. The van der Waals surface area contributed by atoms with Gasteiger partial charge in [0.25, 0.3) is 0 Å². The summed E-state index contributed by atoms with van der Waals surface area (Å²) in [6.07, 6.45) is 4.00. The Balaban J connectivity index is 1.91. The number of aryl methyl sites for hydroxylation is 1. The van der Waals surface area contributed by atoms with Gasteiger partial charge < -0.3 is 5.32 Å². The number of hydrogen-bond acceptors (Lipinski definition) is 3. The molecule has 20 heavy (non-hydrogen) atoms. The average molecular weight is 272 g/mol. The first-order valence-corrected chi connectivity index (χ1v) is 7.12. The highest BCUT2D eigenvalue weighted by Crippen LogP contribution is 2.10. The Morgan fingerprint density at radius 2 is 1.95 bits per heavy atom. The summed E-state index contributed by atoms with van der Waals surface area (Å²) >= 11 is 0. The predicted octanol–water partition coefficient (Wildman–Crippen LogP) is 2.16. The molecular formula is C16H24N4. The van der Waals surface area contributed by atoms with Gasteiger partial charge in [0, 0.05) is 38.4 Å². The average Bonchev–Trinajstić information content (AvgIpc) is 2.82. The second-order valence-electron chi connectivity index (χ2n) is 5.29. The number of hydrogen-bond donors (Lipinski definition) is 1. The molecule has 0 saturated carbocycles. The molecule has 0 amide bonds. The number of benzene rings is 1. The van der Waals surface area contributed by atoms with Crippen molar-refractivity contribution in [2.75, 3.05) is 13.6 Å². The van der Waals surface area contributed by atoms with Gasteiger partial charge in [-0.3, -0.25) is 9.58 Å². The first-order valence-electron chi connectivity index (χ1n) is 7.12. The van der Waals surface area contributed by atoms with E-state index in [1.807, 2.05) is 17.9 Å². The zero-order valence-corrected chi connectivity index (χ0v) is 12.6. The van der Waals surface area contributed by atoms with Gasteiger partial charge in [0.15, 0.2) is 0 Å². The summed E-state index contributed by atoms with van der Waals surface area (Å²) in [5.41, 5.74) is 3.95. The summed E-state index contributed by atoms with van der Waals surface area (Å²) in [6, 6.07) is 8.78. The lowest BCUT2D eigenvalue weighted by molar-refractivity contribution is 0.319. The molecule has 0 atom stereocenters. The molecule has 1 aromatic carbocycles. The Hall–Kier alpha value is -1.65. The summed E-state index contributed by atoms with van der Waals surface area (Å²) in [5.74, 6) is 0. The third-order valence-corrected chi connectivity index (χ3v) is 3.23. The van der Waals surface area contributed by atoms with Crippen LogP contribution in [0.15, 0.2) is 36.7 Å². The van der Waals surface area contributed by atoms with Crippen molar-refractivity contribution in [2.45, 2.75) is 26.6 Å². The van der Waals surface area contributed by atoms with Crippen LogP contribution in [-0.2, 0) is 26.7 Å². The van der Waals surface area contributed by atoms with Crippen LogP contribution in [0.4, 0.5) is 0 Å². The minimum absolute atomic E-state index is 0.922. The van der Waals surface area contributed by atoms with Gasteiger partial charge in [-0.1, -0.05) is 31.2 Å². The molecule has 0 aliphatic rings. The number of nitrogens with zero attached hydrogens (tertiary/aromatic N) is 3. The van der Waals surface area contributed by atoms with E-state index in [0.717, 1.165) is 26.2 Å². The normalized spacial score (nSPS) is 11.2. The molecule has 0 aliphatic heterocycles. The Morgan fingerprint density at radius 1 is 1.20 bits per heavy atom. The fraction of sp³-hybridized carbons (Fsp3) is 0.438. The Morgan fingerprint density at radius 3 is 2.65 bits per heavy atom. The first-order chi connectivity index (χ1) is 9.67. The Kier molecular flexibility index (Phi) is 5.32. The molecule has 0 bridgehead atoms. The van der Waals surface area contributed by atoms with Crippen molar-refractivity contribution in [3.8, 4) is 0 Å². The van der Waals surface area contributed by atoms with Gasteiger partial charge in [0.1, 0.15) is 0 Å². The number of nitrogens with one attached hydrogen (secondary N) is 1. The van der Waals surface area contributed by atoms with Crippen molar-refractivity contribution in [3.63, 3.8) is 0 Å². The lowest BCUT2D eigenvalue weighted by atomic mass is 10.1. The molecule has 0 unspecified atom stereocenters. The number of aromatic nitrogens is 2. The maximum absolute atomic E-state index is 4.21. The Labute approximate surface area is 121 Å². The summed E-state index contributed by atoms with van der Waals surface area (Å²) in [6.45, 7) is 5.95. The van der Waals surface area contributed by atoms with Crippen LogP contribution in [0.5, 0.6) is 0 Å². The van der Waals surface area contributed by atoms with E-state index in [1.165, 1.54) is 16.7 Å². The van der Waals surface area contributed by atoms with E-state index < -0.39 is 0 Å². The molecular weight excluding hydrogens is 248 g/mol. The van der Waals surface area contributed by atoms with Crippen LogP contribution in [0.2, 0.25) is 0 Å². The van der Waals surface area contributed by atoms with E-state index in [4.69, 9.17) is 0 Å². The molecule has 0 saturated heterocycles. The van der Waals surface area contributed by atoms with Crippen molar-refractivity contribution in [2.24, 2.45) is 7.05 Å². The fourth-order valence-electron chi connectivity index (χ4n) is 2.34. The van der Waals surface area contributed by atoms with Gasteiger partial charge in [-0.05, 0) is 24.7 Å². The summed E-state index contributed by atoms with van der Waals surface area (Å²) in [4.78, 5) is 2.31. The van der Waals surface area contributed by atoms with Crippen LogP contribution >= 0.6 is 0 Å². The van der Waals surface area contributed by atoms with Crippen molar-refractivity contribution in [3.05, 3.63) is 53.3 Å². The molecule has 4 heteroatoms. The smallest absolute Gasteiger partial charge is 0.0534 e. The quantitative estimate of drug-likeness (QED) is 0.838. The third-order valence-electron chi connectivity index (χ3n) is 3.23. The monoisotopic (exact) mass is 272 g/mol. The molecule has 2 aromatic rings. The van der Waals surface area contributed by atoms with Crippen LogP contribution in [0.1, 0.15) is 23.6 Å². The standard InChI is InChI=1S/C16H24N4/c1-4-17-9-14-6-5-7-15(8-14)11-19(2)12-16-10-18-20(3)13-16/h5-8,10,13,17H,4,9,11-12H2,1-3H3. The minimum Gasteiger partial charge on any atom is -0.313 e. The second kappa shape index (κ2) is 7.22. The molecule has 4 nitrogen and oxygen atoms in total. The first kappa shape index (κ1) is 14.8. The number of rotatable bonds is 7. The van der Waals surface area contributed by atoms with E-state index >= 15 is 0 Å². The lowest BCUT2D eigenvalue weighted by Crippen LogP contribution is -2.17. The van der Waals surface area contributed by atoms with Gasteiger partial charge in [-0.15, -0.1) is 0 Å². The topological polar surface area (TPSA) is 33.1 Å². The van der Waals surface area contributed by atoms with Gasteiger partial charge >= 0.3 is 0 Å². The third kappa shape index (κ3) is 4.47. The second-order valence-corrected chi connectivity index (χ2v) is 5.29. The van der Waals surface area contributed by atoms with Crippen LogP contribution in [0.3, 0.4) is 0 Å². The maximum Gasteiger partial charge on any atom is 0.0534 e. The largest absolute Gasteiger partial charge is 0.313 e. The highest BCUT2D eigenvalue weighted by Gasteiger charge is 2.04. The van der Waals surface area contributed by atoms with Crippen LogP contribution in [0.25, 0.3) is 0 Å². The van der Waals surface area contributed by atoms with Crippen molar-refractivity contribution >= 4 is 0 Å². The van der Waals surface area contributed by atoms with Gasteiger partial charge in [-0.25, -0.2) is 0 Å². The van der Waals surface area contributed by atoms with E-state index in [-0.39, 0.29) is 0 Å². The zero-order chi connectivity index (χ0) is 14.4. The fourth-order valence-corrected chi connectivity index (χ4v) is 2.34. The van der Waals surface area contributed by atoms with Crippen LogP contribution < -0.4 is 5.32 Å². The van der Waals surface area contributed by atoms with E-state index in [9.17, 15) is 0 Å². The zero-order valence-electron chi connectivity index (χ0n) is 12.6. The van der Waals surface area contributed by atoms with Crippen LogP contribution in [0, 0.1) is 0 Å². The summed E-state index contributed by atoms with van der Waals surface area (Å²) < 4.78 is 1.85. The van der Waals surface area contributed by atoms with Crippen molar-refractivity contribution in [1.82, 2.24) is 20.0 Å². The maximum atomic E-state index is 4.21. The SMILES string of the molecule is CCNCc1cccc(CN(C)Cc2cnn(C)c2)c1. The predicted molar refractivity (Wildman–Crippen MR) is 82.2 cm³/mol. The van der Waals surface area contributed by atoms with E-state index in [2.05, 4.69) is 59.7 Å². The van der Waals surface area contributed by atoms with Gasteiger partial charge in [0.05, 0.1) is 6.20 Å². The summed E-state index contributed by atoms with van der Waals surface area (Å²) in [7, 11) is 4.09. The molecule has 0 fully saturated rings. The molecule has 108 valence electrons. The molecule has 1 aromatic heterocycles. The van der Waals surface area contributed by atoms with Gasteiger partial charge in [0.2, 0.25) is 0 Å². The molecule has 0 radical (unpaired) electrons. The molecule has 2 rings (SSSR count). The molecule has 1 N–H and O–H groups in total. The van der Waals surface area contributed by atoms with Crippen molar-refractivity contribution < 1.29 is 0 Å². The lowest BCUT2D eigenvalue weighted by Gasteiger charge is -2.16. The molecule has 0 spiro atoms. The van der Waals surface area contributed by atoms with E-state index in [0.29, 0.717) is 0 Å². The highest BCUT2D eigenvalue weighted by molar-refractivity contribution is 5.23. The Bertz CT molecular complexity index is 533. The van der Waals surface area contributed by atoms with E-state index in [1.54, 1.807) is 0 Å².